The summed E-state index contributed by atoms with van der Waals surface area (Å²) in [7, 11) is 1.55. The van der Waals surface area contributed by atoms with Crippen LogP contribution in [-0.4, -0.2) is 24.9 Å². The van der Waals surface area contributed by atoms with Gasteiger partial charge in [0, 0.05) is 5.02 Å². The number of carbonyl (C=O) groups is 2. The van der Waals surface area contributed by atoms with Crippen molar-refractivity contribution in [2.45, 2.75) is 6.92 Å². The molecular formula is C19H16ClNO4S. The van der Waals surface area contributed by atoms with Gasteiger partial charge in [-0.15, -0.1) is 0 Å². The number of ether oxygens (including phenoxy) is 2. The van der Waals surface area contributed by atoms with E-state index in [0.717, 1.165) is 22.2 Å². The van der Waals surface area contributed by atoms with Crippen LogP contribution in [0.25, 0.3) is 6.08 Å². The molecule has 2 aromatic carbocycles. The van der Waals surface area contributed by atoms with Crippen LogP contribution in [-0.2, 0) is 4.79 Å². The second kappa shape index (κ2) is 7.85. The molecule has 0 atom stereocenters. The zero-order valence-corrected chi connectivity index (χ0v) is 15.8. The first-order valence-electron chi connectivity index (χ1n) is 7.88. The van der Waals surface area contributed by atoms with Crippen LogP contribution in [0.5, 0.6) is 11.5 Å². The molecule has 2 aromatic rings. The van der Waals surface area contributed by atoms with Crippen molar-refractivity contribution < 1.29 is 19.1 Å². The van der Waals surface area contributed by atoms with Crippen LogP contribution in [0.1, 0.15) is 12.5 Å². The molecule has 5 nitrogen and oxygen atoms in total. The number of imide groups is 1. The second-order valence-electron chi connectivity index (χ2n) is 5.34. The van der Waals surface area contributed by atoms with Crippen molar-refractivity contribution in [1.82, 2.24) is 0 Å². The van der Waals surface area contributed by atoms with Crippen molar-refractivity contribution in [3.63, 3.8) is 0 Å². The molecule has 0 unspecified atom stereocenters. The van der Waals surface area contributed by atoms with Crippen LogP contribution < -0.4 is 14.4 Å². The van der Waals surface area contributed by atoms with Crippen molar-refractivity contribution in [3.05, 3.63) is 58.0 Å². The van der Waals surface area contributed by atoms with Gasteiger partial charge in [-0.3, -0.25) is 9.59 Å². The summed E-state index contributed by atoms with van der Waals surface area (Å²) >= 11 is 6.76. The van der Waals surface area contributed by atoms with Gasteiger partial charge in [0.05, 0.1) is 24.3 Å². The van der Waals surface area contributed by atoms with E-state index in [1.807, 2.05) is 13.0 Å². The number of hydrogen-bond donors (Lipinski definition) is 0. The molecule has 0 aliphatic carbocycles. The van der Waals surface area contributed by atoms with Gasteiger partial charge in [0.1, 0.15) is 0 Å². The number of amides is 2. The van der Waals surface area contributed by atoms with E-state index < -0.39 is 0 Å². The molecule has 1 saturated heterocycles. The molecule has 0 bridgehead atoms. The summed E-state index contributed by atoms with van der Waals surface area (Å²) in [5, 5.41) is 0.194. The van der Waals surface area contributed by atoms with Crippen LogP contribution in [0.15, 0.2) is 47.4 Å². The quantitative estimate of drug-likeness (QED) is 0.674. The zero-order chi connectivity index (χ0) is 18.7. The normalized spacial score (nSPS) is 15.7. The Morgan fingerprint density at radius 1 is 1.12 bits per heavy atom. The molecule has 1 aliphatic heterocycles. The maximum Gasteiger partial charge on any atom is 0.298 e. The van der Waals surface area contributed by atoms with E-state index in [4.69, 9.17) is 21.1 Å². The average molecular weight is 390 g/mol. The third kappa shape index (κ3) is 3.71. The molecule has 1 fully saturated rings. The minimum Gasteiger partial charge on any atom is -0.493 e. The molecule has 0 radical (unpaired) electrons. The lowest BCUT2D eigenvalue weighted by Crippen LogP contribution is -2.27. The molecule has 0 N–H and O–H groups in total. The number of carbonyl (C=O) groups excluding carboxylic acids is 2. The van der Waals surface area contributed by atoms with E-state index in [9.17, 15) is 9.59 Å². The van der Waals surface area contributed by atoms with E-state index in [-0.39, 0.29) is 11.1 Å². The average Bonchev–Trinajstić information content (AvgIpc) is 2.91. The molecule has 26 heavy (non-hydrogen) atoms. The molecule has 2 amide bonds. The predicted octanol–water partition coefficient (Wildman–Crippen LogP) is 4.99. The summed E-state index contributed by atoms with van der Waals surface area (Å²) in [6, 6.07) is 11.9. The summed E-state index contributed by atoms with van der Waals surface area (Å²) in [4.78, 5) is 26.4. The van der Waals surface area contributed by atoms with Gasteiger partial charge in [0.2, 0.25) is 0 Å². The van der Waals surface area contributed by atoms with Crippen molar-refractivity contribution in [2.24, 2.45) is 0 Å². The highest BCUT2D eigenvalue weighted by Gasteiger charge is 2.36. The van der Waals surface area contributed by atoms with Gasteiger partial charge in [-0.05, 0) is 66.7 Å². The number of halogens is 1. The van der Waals surface area contributed by atoms with Gasteiger partial charge < -0.3 is 9.47 Å². The van der Waals surface area contributed by atoms with Crippen LogP contribution >= 0.6 is 23.4 Å². The molecule has 0 spiro atoms. The van der Waals surface area contributed by atoms with Gasteiger partial charge in [-0.1, -0.05) is 17.7 Å². The minimum absolute atomic E-state index is 0.344. The standard InChI is InChI=1S/C19H16ClNO4S/c1-3-25-15-9-4-12(10-16(15)24-2)11-17-18(22)21(19(23)26-17)14-7-5-13(20)6-8-14/h4-11H,3H2,1-2H3/b17-11-. The Balaban J connectivity index is 1.89. The Hall–Kier alpha value is -2.44. The van der Waals surface area contributed by atoms with E-state index in [1.54, 1.807) is 49.6 Å². The zero-order valence-electron chi connectivity index (χ0n) is 14.2. The summed E-state index contributed by atoms with van der Waals surface area (Å²) in [6.45, 7) is 2.41. The summed E-state index contributed by atoms with van der Waals surface area (Å²) < 4.78 is 10.8. The number of nitrogens with zero attached hydrogens (tertiary/aromatic N) is 1. The molecule has 1 heterocycles. The van der Waals surface area contributed by atoms with Gasteiger partial charge >= 0.3 is 0 Å². The van der Waals surface area contributed by atoms with Crippen LogP contribution in [0, 0.1) is 0 Å². The maximum atomic E-state index is 12.7. The lowest BCUT2D eigenvalue weighted by atomic mass is 10.2. The van der Waals surface area contributed by atoms with Crippen molar-refractivity contribution in [2.75, 3.05) is 18.6 Å². The number of rotatable bonds is 5. The van der Waals surface area contributed by atoms with Crippen molar-refractivity contribution >= 4 is 46.3 Å². The SMILES string of the molecule is CCOc1ccc(/C=C2\SC(=O)N(c3ccc(Cl)cc3)C2=O)cc1OC. The first-order chi connectivity index (χ1) is 12.5. The monoisotopic (exact) mass is 389 g/mol. The van der Waals surface area contributed by atoms with Crippen LogP contribution in [0.4, 0.5) is 10.5 Å². The first kappa shape index (κ1) is 18.4. The topological polar surface area (TPSA) is 55.8 Å². The van der Waals surface area contributed by atoms with Gasteiger partial charge in [0.25, 0.3) is 11.1 Å². The van der Waals surface area contributed by atoms with E-state index in [1.165, 1.54) is 0 Å². The molecule has 0 aromatic heterocycles. The molecule has 0 saturated carbocycles. The number of anilines is 1. The smallest absolute Gasteiger partial charge is 0.298 e. The Labute approximate surface area is 160 Å². The second-order valence-corrected chi connectivity index (χ2v) is 6.77. The summed E-state index contributed by atoms with van der Waals surface area (Å²) in [6.07, 6.45) is 1.67. The lowest BCUT2D eigenvalue weighted by Gasteiger charge is -2.12. The number of thioether (sulfide) groups is 1. The van der Waals surface area contributed by atoms with Crippen LogP contribution in [0.3, 0.4) is 0 Å². The number of benzene rings is 2. The Kier molecular flexibility index (Phi) is 5.54. The predicted molar refractivity (Wildman–Crippen MR) is 104 cm³/mol. The largest absolute Gasteiger partial charge is 0.493 e. The van der Waals surface area contributed by atoms with E-state index in [0.29, 0.717) is 33.7 Å². The van der Waals surface area contributed by atoms with E-state index in [2.05, 4.69) is 0 Å². The van der Waals surface area contributed by atoms with Crippen molar-refractivity contribution in [1.29, 1.82) is 0 Å². The van der Waals surface area contributed by atoms with E-state index >= 15 is 0 Å². The number of methoxy groups -OCH3 is 1. The molecule has 134 valence electrons. The molecular weight excluding hydrogens is 374 g/mol. The van der Waals surface area contributed by atoms with Gasteiger partial charge in [-0.2, -0.15) is 0 Å². The van der Waals surface area contributed by atoms with Gasteiger partial charge in [-0.25, -0.2) is 4.90 Å². The summed E-state index contributed by atoms with van der Waals surface area (Å²) in [5.41, 5.74) is 1.23. The maximum absolute atomic E-state index is 12.7. The van der Waals surface area contributed by atoms with Gasteiger partial charge in [0.15, 0.2) is 11.5 Å². The third-order valence-corrected chi connectivity index (χ3v) is 4.79. The fourth-order valence-electron chi connectivity index (χ4n) is 2.48. The van der Waals surface area contributed by atoms with Crippen molar-refractivity contribution in [3.8, 4) is 11.5 Å². The highest BCUT2D eigenvalue weighted by molar-refractivity contribution is 8.19. The first-order valence-corrected chi connectivity index (χ1v) is 9.07. The van der Waals surface area contributed by atoms with Crippen LogP contribution in [0.2, 0.25) is 5.02 Å². The summed E-state index contributed by atoms with van der Waals surface area (Å²) in [5.74, 6) is 0.828. The third-order valence-electron chi connectivity index (χ3n) is 3.66. The fraction of sp³-hybridized carbons (Fsp3) is 0.158. The molecule has 3 rings (SSSR count). The number of hydrogen-bond acceptors (Lipinski definition) is 5. The Bertz CT molecular complexity index is 880. The minimum atomic E-state index is -0.366. The highest BCUT2D eigenvalue weighted by atomic mass is 35.5. The Morgan fingerprint density at radius 2 is 1.85 bits per heavy atom. The lowest BCUT2D eigenvalue weighted by molar-refractivity contribution is -0.113. The highest BCUT2D eigenvalue weighted by Crippen LogP contribution is 2.37. The molecule has 7 heteroatoms. The fourth-order valence-corrected chi connectivity index (χ4v) is 3.45. The Morgan fingerprint density at radius 3 is 2.50 bits per heavy atom. The molecule has 1 aliphatic rings.